The molecule has 0 aliphatic heterocycles. The van der Waals surface area contributed by atoms with Crippen LogP contribution < -0.4 is 21.5 Å². The maximum atomic E-state index is 11.5. The molecule has 0 spiro atoms. The van der Waals surface area contributed by atoms with E-state index in [-0.39, 0.29) is 34.7 Å². The zero-order chi connectivity index (χ0) is 20.8. The molecule has 0 aliphatic rings. The summed E-state index contributed by atoms with van der Waals surface area (Å²) < 4.78 is 9.86. The summed E-state index contributed by atoms with van der Waals surface area (Å²) in [4.78, 5) is 32.9. The van der Waals surface area contributed by atoms with Crippen molar-refractivity contribution in [2.45, 2.75) is 26.8 Å². The van der Waals surface area contributed by atoms with E-state index in [2.05, 4.69) is 10.1 Å². The SMILES string of the molecule is COc1cc(C(N)=O)cc([N+](=O)[O-])c1NC(C=CCOC(N)=O)C(C)(C)C. The highest BCUT2D eigenvalue weighted by molar-refractivity contribution is 5.95. The number of carbonyl (C=O) groups excluding carboxylic acids is 2. The van der Waals surface area contributed by atoms with E-state index >= 15 is 0 Å². The van der Waals surface area contributed by atoms with Crippen molar-refractivity contribution in [3.05, 3.63) is 40.0 Å². The number of nitro benzene ring substituents is 1. The zero-order valence-corrected chi connectivity index (χ0v) is 15.6. The Kier molecular flexibility index (Phi) is 7.15. The lowest BCUT2D eigenvalue weighted by atomic mass is 9.86. The van der Waals surface area contributed by atoms with Crippen molar-refractivity contribution in [3.63, 3.8) is 0 Å². The molecule has 2 amide bonds. The van der Waals surface area contributed by atoms with Gasteiger partial charge < -0.3 is 26.3 Å². The molecule has 0 aliphatic carbocycles. The molecule has 27 heavy (non-hydrogen) atoms. The lowest BCUT2D eigenvalue weighted by Crippen LogP contribution is -2.32. The Morgan fingerprint density at radius 3 is 2.41 bits per heavy atom. The maximum Gasteiger partial charge on any atom is 0.404 e. The summed E-state index contributed by atoms with van der Waals surface area (Å²) in [5.74, 6) is -0.701. The number of anilines is 1. The molecule has 0 bridgehead atoms. The van der Waals surface area contributed by atoms with Gasteiger partial charge in [0.1, 0.15) is 12.4 Å². The molecule has 0 saturated heterocycles. The minimum Gasteiger partial charge on any atom is -0.494 e. The molecule has 0 heterocycles. The second-order valence-corrected chi connectivity index (χ2v) is 6.74. The lowest BCUT2D eigenvalue weighted by Gasteiger charge is -2.30. The second kappa shape index (κ2) is 8.88. The first-order chi connectivity index (χ1) is 12.5. The fourth-order valence-corrected chi connectivity index (χ4v) is 2.22. The van der Waals surface area contributed by atoms with Crippen molar-refractivity contribution >= 4 is 23.4 Å². The van der Waals surface area contributed by atoms with Crippen LogP contribution in [0.2, 0.25) is 0 Å². The Hall–Kier alpha value is -3.30. The van der Waals surface area contributed by atoms with Crippen LogP contribution in [-0.2, 0) is 4.74 Å². The van der Waals surface area contributed by atoms with E-state index in [0.717, 1.165) is 6.07 Å². The lowest BCUT2D eigenvalue weighted by molar-refractivity contribution is -0.384. The zero-order valence-electron chi connectivity index (χ0n) is 15.6. The van der Waals surface area contributed by atoms with Gasteiger partial charge >= 0.3 is 6.09 Å². The number of methoxy groups -OCH3 is 1. The molecular weight excluding hydrogens is 356 g/mol. The average molecular weight is 380 g/mol. The number of hydrogen-bond donors (Lipinski definition) is 3. The first-order valence-corrected chi connectivity index (χ1v) is 7.99. The normalized spacial score (nSPS) is 12.4. The van der Waals surface area contributed by atoms with Crippen molar-refractivity contribution in [3.8, 4) is 5.75 Å². The van der Waals surface area contributed by atoms with Crippen molar-refractivity contribution in [1.82, 2.24) is 0 Å². The smallest absolute Gasteiger partial charge is 0.404 e. The first kappa shape index (κ1) is 21.7. The van der Waals surface area contributed by atoms with Gasteiger partial charge in [0.25, 0.3) is 5.69 Å². The molecule has 1 rings (SSSR count). The monoisotopic (exact) mass is 380 g/mol. The number of rotatable bonds is 8. The number of carbonyl (C=O) groups is 2. The van der Waals surface area contributed by atoms with Crippen LogP contribution in [-0.4, -0.2) is 36.7 Å². The minimum absolute atomic E-state index is 0.0383. The minimum atomic E-state index is -0.903. The number of nitrogens with zero attached hydrogens (tertiary/aromatic N) is 1. The molecular formula is C17H24N4O6. The topological polar surface area (TPSA) is 160 Å². The molecule has 1 aromatic rings. The van der Waals surface area contributed by atoms with Crippen molar-refractivity contribution in [1.29, 1.82) is 0 Å². The fourth-order valence-electron chi connectivity index (χ4n) is 2.22. The number of benzene rings is 1. The van der Waals surface area contributed by atoms with Gasteiger partial charge in [-0.25, -0.2) is 4.79 Å². The summed E-state index contributed by atoms with van der Waals surface area (Å²) in [6.07, 6.45) is 2.37. The third-order valence-electron chi connectivity index (χ3n) is 3.67. The fraction of sp³-hybridized carbons (Fsp3) is 0.412. The van der Waals surface area contributed by atoms with E-state index in [1.165, 1.54) is 13.2 Å². The van der Waals surface area contributed by atoms with Gasteiger partial charge in [0.05, 0.1) is 12.0 Å². The molecule has 5 N–H and O–H groups in total. The number of primary amides is 2. The van der Waals surface area contributed by atoms with Gasteiger partial charge in [0.2, 0.25) is 5.91 Å². The Labute approximate surface area is 156 Å². The van der Waals surface area contributed by atoms with E-state index in [1.807, 2.05) is 20.8 Å². The van der Waals surface area contributed by atoms with Gasteiger partial charge in [0, 0.05) is 17.7 Å². The third-order valence-corrected chi connectivity index (χ3v) is 3.67. The van der Waals surface area contributed by atoms with E-state index in [9.17, 15) is 19.7 Å². The van der Waals surface area contributed by atoms with Crippen LogP contribution in [0.4, 0.5) is 16.2 Å². The van der Waals surface area contributed by atoms with Crippen LogP contribution >= 0.6 is 0 Å². The summed E-state index contributed by atoms with van der Waals surface area (Å²) >= 11 is 0. The summed E-state index contributed by atoms with van der Waals surface area (Å²) in [5, 5.41) is 14.6. The van der Waals surface area contributed by atoms with Gasteiger partial charge in [-0.2, -0.15) is 0 Å². The molecule has 1 atom stereocenters. The van der Waals surface area contributed by atoms with E-state index in [1.54, 1.807) is 12.2 Å². The van der Waals surface area contributed by atoms with Crippen LogP contribution in [0.25, 0.3) is 0 Å². The van der Waals surface area contributed by atoms with Gasteiger partial charge in [-0.1, -0.05) is 26.8 Å². The van der Waals surface area contributed by atoms with Crippen LogP contribution in [0.5, 0.6) is 5.75 Å². The van der Waals surface area contributed by atoms with Crippen LogP contribution in [0, 0.1) is 15.5 Å². The predicted octanol–water partition coefficient (Wildman–Crippen LogP) is 2.18. The third kappa shape index (κ3) is 6.17. The Morgan fingerprint density at radius 1 is 1.33 bits per heavy atom. The van der Waals surface area contributed by atoms with Crippen molar-refractivity contribution < 1.29 is 24.0 Å². The summed E-state index contributed by atoms with van der Waals surface area (Å²) in [6.45, 7) is 5.71. The predicted molar refractivity (Wildman–Crippen MR) is 99.7 cm³/mol. The van der Waals surface area contributed by atoms with Crippen molar-refractivity contribution in [2.24, 2.45) is 16.9 Å². The molecule has 148 valence electrons. The Balaban J connectivity index is 3.32. The largest absolute Gasteiger partial charge is 0.494 e. The molecule has 0 saturated carbocycles. The molecule has 0 radical (unpaired) electrons. The summed E-state index contributed by atoms with van der Waals surface area (Å²) in [7, 11) is 1.33. The number of nitrogens with two attached hydrogens (primary N) is 2. The number of nitrogens with one attached hydrogen (secondary N) is 1. The first-order valence-electron chi connectivity index (χ1n) is 7.99. The van der Waals surface area contributed by atoms with Gasteiger partial charge in [-0.15, -0.1) is 0 Å². The molecule has 0 aromatic heterocycles. The maximum absolute atomic E-state index is 11.5. The van der Waals surface area contributed by atoms with Crippen molar-refractivity contribution in [2.75, 3.05) is 19.0 Å². The van der Waals surface area contributed by atoms with Gasteiger partial charge in [-0.3, -0.25) is 14.9 Å². The molecule has 1 aromatic carbocycles. The highest BCUT2D eigenvalue weighted by Gasteiger charge is 2.28. The van der Waals surface area contributed by atoms with E-state index in [0.29, 0.717) is 0 Å². The van der Waals surface area contributed by atoms with E-state index in [4.69, 9.17) is 16.2 Å². The van der Waals surface area contributed by atoms with Gasteiger partial charge in [-0.05, 0) is 17.6 Å². The summed E-state index contributed by atoms with van der Waals surface area (Å²) in [6, 6.07) is 2.02. The molecule has 0 fully saturated rings. The highest BCUT2D eigenvalue weighted by Crippen LogP contribution is 2.38. The average Bonchev–Trinajstić information content (AvgIpc) is 2.55. The van der Waals surface area contributed by atoms with Crippen LogP contribution in [0.15, 0.2) is 24.3 Å². The standard InChI is InChI=1S/C17H24N4O6/c1-17(2,3)13(6-5-7-27-16(19)23)20-14-11(21(24)25)8-10(15(18)22)9-12(14)26-4/h5-6,8-9,13,20H,7H2,1-4H3,(H2,18,22)(H2,19,23). The molecule has 10 nitrogen and oxygen atoms in total. The highest BCUT2D eigenvalue weighted by atomic mass is 16.6. The number of hydrogen-bond acceptors (Lipinski definition) is 7. The second-order valence-electron chi connectivity index (χ2n) is 6.74. The Morgan fingerprint density at radius 2 is 1.96 bits per heavy atom. The number of amides is 2. The molecule has 10 heteroatoms. The number of ether oxygens (including phenoxy) is 2. The van der Waals surface area contributed by atoms with Crippen LogP contribution in [0.3, 0.4) is 0 Å². The quantitative estimate of drug-likeness (QED) is 0.354. The van der Waals surface area contributed by atoms with Gasteiger partial charge in [0.15, 0.2) is 5.69 Å². The summed E-state index contributed by atoms with van der Waals surface area (Å²) in [5.41, 5.74) is 9.49. The number of nitro groups is 1. The van der Waals surface area contributed by atoms with Crippen LogP contribution in [0.1, 0.15) is 31.1 Å². The molecule has 1 unspecified atom stereocenters. The van der Waals surface area contributed by atoms with E-state index < -0.39 is 23.0 Å². The Bertz CT molecular complexity index is 755.